The Bertz CT molecular complexity index is 294. The first-order valence-corrected chi connectivity index (χ1v) is 7.86. The lowest BCUT2D eigenvalue weighted by atomic mass is 9.81. The average Bonchev–Trinajstić information content (AvgIpc) is 2.10. The summed E-state index contributed by atoms with van der Waals surface area (Å²) in [4.78, 5) is 24.0. The molecule has 0 aliphatic heterocycles. The maximum Gasteiger partial charge on any atom is 0.198 e. The molecule has 0 N–H and O–H groups in total. The molecule has 20 heavy (non-hydrogen) atoms. The fraction of sp³-hybridized carbons (Fsp3) is 0.889. The quantitative estimate of drug-likeness (QED) is 0.612. The summed E-state index contributed by atoms with van der Waals surface area (Å²) in [6.07, 6.45) is 2.75. The van der Waals surface area contributed by atoms with Crippen molar-refractivity contribution in [2.45, 2.75) is 81.1 Å². The minimum atomic E-state index is -0.178. The topological polar surface area (TPSA) is 34.1 Å². The zero-order chi connectivity index (χ0) is 16.1. The molecule has 118 valence electrons. The van der Waals surface area contributed by atoms with Crippen LogP contribution in [0, 0.1) is 22.7 Å². The first kappa shape index (κ1) is 19.3. The second kappa shape index (κ2) is 7.38. The van der Waals surface area contributed by atoms with E-state index >= 15 is 0 Å². The van der Waals surface area contributed by atoms with Crippen molar-refractivity contribution in [3.63, 3.8) is 0 Å². The highest BCUT2D eigenvalue weighted by Crippen LogP contribution is 2.28. The molecule has 0 aromatic heterocycles. The van der Waals surface area contributed by atoms with Crippen LogP contribution in [0.1, 0.15) is 81.1 Å². The second-order valence-corrected chi connectivity index (χ2v) is 8.99. The molecule has 2 atom stereocenters. The zero-order valence-corrected chi connectivity index (χ0v) is 14.8. The normalized spacial score (nSPS) is 15.8. The molecule has 0 aliphatic rings. The number of ketones is 2. The van der Waals surface area contributed by atoms with Gasteiger partial charge in [-0.25, -0.2) is 0 Å². The smallest absolute Gasteiger partial charge is 0.198 e. The maximum atomic E-state index is 12.0. The van der Waals surface area contributed by atoms with E-state index in [0.717, 1.165) is 12.8 Å². The van der Waals surface area contributed by atoms with Crippen LogP contribution in [0.25, 0.3) is 0 Å². The van der Waals surface area contributed by atoms with Crippen LogP contribution < -0.4 is 0 Å². The molecule has 2 nitrogen and oxygen atoms in total. The van der Waals surface area contributed by atoms with Gasteiger partial charge in [0.15, 0.2) is 11.6 Å². The Kier molecular flexibility index (Phi) is 7.13. The summed E-state index contributed by atoms with van der Waals surface area (Å²) in [5.74, 6) is 0.207. The van der Waals surface area contributed by atoms with Gasteiger partial charge in [-0.3, -0.25) is 9.59 Å². The van der Waals surface area contributed by atoms with Gasteiger partial charge in [0.25, 0.3) is 0 Å². The largest absolute Gasteiger partial charge is 0.291 e. The Hall–Kier alpha value is -0.660. The summed E-state index contributed by atoms with van der Waals surface area (Å²) in [7, 11) is 0. The summed E-state index contributed by atoms with van der Waals surface area (Å²) in [5, 5.41) is 0. The molecule has 0 aliphatic carbocycles. The molecule has 0 fully saturated rings. The van der Waals surface area contributed by atoms with E-state index in [1.165, 1.54) is 0 Å². The van der Waals surface area contributed by atoms with Gasteiger partial charge in [0.2, 0.25) is 0 Å². The van der Waals surface area contributed by atoms with Gasteiger partial charge in [-0.15, -0.1) is 0 Å². The Labute approximate surface area is 125 Å². The van der Waals surface area contributed by atoms with Crippen LogP contribution >= 0.6 is 0 Å². The molecule has 2 heteroatoms. The Morgan fingerprint density at radius 2 is 0.950 bits per heavy atom. The predicted molar refractivity (Wildman–Crippen MR) is 85.7 cm³/mol. The van der Waals surface area contributed by atoms with Crippen molar-refractivity contribution in [1.29, 1.82) is 0 Å². The van der Waals surface area contributed by atoms with Crippen molar-refractivity contribution in [3.8, 4) is 0 Å². The van der Waals surface area contributed by atoms with Gasteiger partial charge in [-0.1, -0.05) is 55.4 Å². The molecule has 0 heterocycles. The first-order valence-electron chi connectivity index (χ1n) is 7.86. The lowest BCUT2D eigenvalue weighted by molar-refractivity contribution is -0.137. The highest BCUT2D eigenvalue weighted by molar-refractivity contribution is 6.37. The van der Waals surface area contributed by atoms with E-state index in [4.69, 9.17) is 0 Å². The molecule has 0 saturated carbocycles. The zero-order valence-electron chi connectivity index (χ0n) is 14.8. The molecule has 0 spiro atoms. The summed E-state index contributed by atoms with van der Waals surface area (Å²) < 4.78 is 0. The molecule has 0 aromatic carbocycles. The fourth-order valence-electron chi connectivity index (χ4n) is 3.10. The van der Waals surface area contributed by atoms with E-state index in [1.54, 1.807) is 0 Å². The lowest BCUT2D eigenvalue weighted by Crippen LogP contribution is -2.22. The van der Waals surface area contributed by atoms with Gasteiger partial charge >= 0.3 is 0 Å². The van der Waals surface area contributed by atoms with E-state index in [-0.39, 0.29) is 34.2 Å². The van der Waals surface area contributed by atoms with Gasteiger partial charge in [0, 0.05) is 12.8 Å². The molecule has 0 amide bonds. The van der Waals surface area contributed by atoms with E-state index in [1.807, 2.05) is 0 Å². The van der Waals surface area contributed by atoms with Gasteiger partial charge in [0.1, 0.15) is 0 Å². The van der Waals surface area contributed by atoms with Crippen LogP contribution in [0.15, 0.2) is 0 Å². The van der Waals surface area contributed by atoms with Crippen LogP contribution in [-0.2, 0) is 9.59 Å². The maximum absolute atomic E-state index is 12.0. The third kappa shape index (κ3) is 10.2. The summed E-state index contributed by atoms with van der Waals surface area (Å²) in [6.45, 7) is 17.1. The van der Waals surface area contributed by atoms with Crippen molar-refractivity contribution in [3.05, 3.63) is 0 Å². The third-order valence-electron chi connectivity index (χ3n) is 3.30. The van der Waals surface area contributed by atoms with Crippen molar-refractivity contribution in [2.75, 3.05) is 0 Å². The van der Waals surface area contributed by atoms with Crippen LogP contribution in [0.3, 0.4) is 0 Å². The fourth-order valence-corrected chi connectivity index (χ4v) is 3.10. The molecule has 0 rings (SSSR count). The van der Waals surface area contributed by atoms with Crippen LogP contribution in [0.4, 0.5) is 0 Å². The molecule has 0 saturated heterocycles. The number of rotatable bonds is 7. The average molecular weight is 282 g/mol. The lowest BCUT2D eigenvalue weighted by Gasteiger charge is -2.24. The molecule has 2 unspecified atom stereocenters. The molecular formula is C18H34O2. The minimum Gasteiger partial charge on any atom is -0.291 e. The van der Waals surface area contributed by atoms with Crippen LogP contribution in [0.2, 0.25) is 0 Å². The van der Waals surface area contributed by atoms with Gasteiger partial charge < -0.3 is 0 Å². The number of carbonyl (C=O) groups excluding carboxylic acids is 2. The summed E-state index contributed by atoms with van der Waals surface area (Å²) in [6, 6.07) is 0. The number of carbonyl (C=O) groups is 2. The van der Waals surface area contributed by atoms with Crippen molar-refractivity contribution >= 4 is 11.6 Å². The van der Waals surface area contributed by atoms with Crippen molar-refractivity contribution < 1.29 is 9.59 Å². The second-order valence-electron chi connectivity index (χ2n) is 8.99. The third-order valence-corrected chi connectivity index (χ3v) is 3.30. The highest BCUT2D eigenvalue weighted by atomic mass is 16.2. The highest BCUT2D eigenvalue weighted by Gasteiger charge is 2.24. The van der Waals surface area contributed by atoms with E-state index in [0.29, 0.717) is 12.8 Å². The van der Waals surface area contributed by atoms with E-state index < -0.39 is 0 Å². The van der Waals surface area contributed by atoms with Gasteiger partial charge in [0.05, 0.1) is 0 Å². The minimum absolute atomic E-state index is 0.178. The number of hydrogen-bond acceptors (Lipinski definition) is 2. The Morgan fingerprint density at radius 1 is 0.700 bits per heavy atom. The van der Waals surface area contributed by atoms with Crippen LogP contribution in [0.5, 0.6) is 0 Å². The van der Waals surface area contributed by atoms with E-state index in [9.17, 15) is 9.59 Å². The monoisotopic (exact) mass is 282 g/mol. The molecular weight excluding hydrogens is 248 g/mol. The van der Waals surface area contributed by atoms with Gasteiger partial charge in [-0.2, -0.15) is 0 Å². The summed E-state index contributed by atoms with van der Waals surface area (Å²) >= 11 is 0. The first-order chi connectivity index (χ1) is 8.80. The predicted octanol–water partition coefficient (Wildman–Crippen LogP) is 5.05. The Morgan fingerprint density at radius 3 is 1.15 bits per heavy atom. The van der Waals surface area contributed by atoms with E-state index in [2.05, 4.69) is 55.4 Å². The molecule has 0 bridgehead atoms. The SMILES string of the molecule is CC(CC(=O)C(=O)CC(C)CC(C)(C)C)CC(C)(C)C. The standard InChI is InChI=1S/C18H34O2/c1-13(11-17(3,4)5)9-15(19)16(20)10-14(2)12-18(6,7)8/h13-14H,9-12H2,1-8H3. The van der Waals surface area contributed by atoms with Crippen molar-refractivity contribution in [2.24, 2.45) is 22.7 Å². The Balaban J connectivity index is 4.26. The molecule has 0 aromatic rings. The van der Waals surface area contributed by atoms with Crippen LogP contribution in [-0.4, -0.2) is 11.6 Å². The number of hydrogen-bond donors (Lipinski definition) is 0. The number of Topliss-reactive ketones (excluding diaryl/α,β-unsaturated/α-hetero) is 2. The van der Waals surface area contributed by atoms with Crippen molar-refractivity contribution in [1.82, 2.24) is 0 Å². The van der Waals surface area contributed by atoms with Gasteiger partial charge in [-0.05, 0) is 35.5 Å². The summed E-state index contributed by atoms with van der Waals surface area (Å²) in [5.41, 5.74) is 0.421. The molecule has 0 radical (unpaired) electrons.